The van der Waals surface area contributed by atoms with E-state index in [1.807, 2.05) is 0 Å². The van der Waals surface area contributed by atoms with E-state index in [0.29, 0.717) is 13.1 Å². The number of halogens is 2. The van der Waals surface area contributed by atoms with Crippen LogP contribution in [0.15, 0.2) is 0 Å². The number of hydrogen-bond donors (Lipinski definition) is 0. The van der Waals surface area contributed by atoms with E-state index in [-0.39, 0.29) is 12.5 Å². The predicted octanol–water partition coefficient (Wildman–Crippen LogP) is 0.772. The zero-order valence-corrected chi connectivity index (χ0v) is 6.17. The molecule has 1 heterocycles. The molecule has 4 heteroatoms. The number of likely N-dealkylation sites (tertiary alicyclic amines) is 1. The molecule has 2 nitrogen and oxygen atoms in total. The second-order valence-electron chi connectivity index (χ2n) is 2.84. The Hall–Kier alpha value is -0.510. The van der Waals surface area contributed by atoms with Gasteiger partial charge in [-0.05, 0) is 13.0 Å². The number of aldehydes is 1. The summed E-state index contributed by atoms with van der Waals surface area (Å²) < 4.78 is 23.6. The summed E-state index contributed by atoms with van der Waals surface area (Å²) >= 11 is 0. The van der Waals surface area contributed by atoms with Crippen LogP contribution in [0.3, 0.4) is 0 Å². The highest BCUT2D eigenvalue weighted by Crippen LogP contribution is 2.14. The van der Waals surface area contributed by atoms with Gasteiger partial charge >= 0.3 is 0 Å². The monoisotopic (exact) mass is 163 g/mol. The van der Waals surface area contributed by atoms with Crippen LogP contribution in [0.5, 0.6) is 0 Å². The molecule has 0 bridgehead atoms. The molecule has 0 N–H and O–H groups in total. The number of nitrogens with zero attached hydrogens (tertiary/aromatic N) is 1. The summed E-state index contributed by atoms with van der Waals surface area (Å²) in [5, 5.41) is 0. The number of carbonyl (C=O) groups is 1. The third-order valence-electron chi connectivity index (χ3n) is 1.90. The second-order valence-corrected chi connectivity index (χ2v) is 2.84. The molecule has 0 spiro atoms. The summed E-state index contributed by atoms with van der Waals surface area (Å²) in [6.45, 7) is 0.950. The Morgan fingerprint density at radius 2 is 2.36 bits per heavy atom. The summed E-state index contributed by atoms with van der Waals surface area (Å²) in [6, 6.07) is 0. The SMILES string of the molecule is O=CC1CCN(CC(F)F)C1. The lowest BCUT2D eigenvalue weighted by molar-refractivity contribution is -0.110. The summed E-state index contributed by atoms with van der Waals surface area (Å²) in [5.74, 6) is -0.0197. The van der Waals surface area contributed by atoms with Crippen molar-refractivity contribution in [3.05, 3.63) is 0 Å². The van der Waals surface area contributed by atoms with E-state index in [9.17, 15) is 13.6 Å². The molecule has 0 aromatic rings. The van der Waals surface area contributed by atoms with Crippen LogP contribution >= 0.6 is 0 Å². The molecular formula is C7H11F2NO. The van der Waals surface area contributed by atoms with E-state index in [4.69, 9.17) is 0 Å². The molecule has 1 rings (SSSR count). The van der Waals surface area contributed by atoms with Gasteiger partial charge in [0.15, 0.2) is 0 Å². The fraction of sp³-hybridized carbons (Fsp3) is 0.857. The van der Waals surface area contributed by atoms with Gasteiger partial charge in [0.1, 0.15) is 6.29 Å². The van der Waals surface area contributed by atoms with Crippen molar-refractivity contribution in [2.24, 2.45) is 5.92 Å². The first kappa shape index (κ1) is 8.59. The van der Waals surface area contributed by atoms with Crippen LogP contribution in [0.2, 0.25) is 0 Å². The zero-order chi connectivity index (χ0) is 8.27. The molecule has 1 unspecified atom stereocenters. The minimum absolute atomic E-state index is 0.0197. The van der Waals surface area contributed by atoms with Crippen molar-refractivity contribution in [1.82, 2.24) is 4.90 Å². The zero-order valence-electron chi connectivity index (χ0n) is 6.17. The van der Waals surface area contributed by atoms with Crippen molar-refractivity contribution in [3.63, 3.8) is 0 Å². The van der Waals surface area contributed by atoms with Gasteiger partial charge < -0.3 is 4.79 Å². The van der Waals surface area contributed by atoms with Gasteiger partial charge in [-0.2, -0.15) is 0 Å². The van der Waals surface area contributed by atoms with E-state index >= 15 is 0 Å². The van der Waals surface area contributed by atoms with Gasteiger partial charge in [0.25, 0.3) is 6.43 Å². The van der Waals surface area contributed by atoms with E-state index < -0.39 is 6.43 Å². The summed E-state index contributed by atoms with van der Waals surface area (Å²) in [4.78, 5) is 11.9. The maximum Gasteiger partial charge on any atom is 0.251 e. The second kappa shape index (κ2) is 3.76. The molecule has 1 fully saturated rings. The molecule has 0 radical (unpaired) electrons. The number of carbonyl (C=O) groups excluding carboxylic acids is 1. The molecule has 0 saturated carbocycles. The first-order valence-corrected chi connectivity index (χ1v) is 3.68. The molecule has 11 heavy (non-hydrogen) atoms. The molecule has 64 valence electrons. The van der Waals surface area contributed by atoms with Gasteiger partial charge in [-0.1, -0.05) is 0 Å². The topological polar surface area (TPSA) is 20.3 Å². The van der Waals surface area contributed by atoms with Crippen molar-refractivity contribution < 1.29 is 13.6 Å². The lowest BCUT2D eigenvalue weighted by Gasteiger charge is -2.12. The Labute approximate surface area is 64.2 Å². The van der Waals surface area contributed by atoms with Crippen molar-refractivity contribution in [3.8, 4) is 0 Å². The third kappa shape index (κ3) is 2.54. The summed E-state index contributed by atoms with van der Waals surface area (Å²) in [6.07, 6.45) is -0.692. The van der Waals surface area contributed by atoms with Crippen LogP contribution < -0.4 is 0 Å². The molecule has 1 atom stereocenters. The van der Waals surface area contributed by atoms with E-state index in [1.165, 1.54) is 0 Å². The van der Waals surface area contributed by atoms with Crippen molar-refractivity contribution >= 4 is 6.29 Å². The standard InChI is InChI=1S/C7H11F2NO/c8-7(9)4-10-2-1-6(3-10)5-11/h5-7H,1-4H2. The molecule has 0 amide bonds. The van der Waals surface area contributed by atoms with Gasteiger partial charge in [-0.3, -0.25) is 4.90 Å². The van der Waals surface area contributed by atoms with Gasteiger partial charge in [0.05, 0.1) is 6.54 Å². The minimum atomic E-state index is -2.28. The van der Waals surface area contributed by atoms with Crippen LogP contribution in [0.1, 0.15) is 6.42 Å². The third-order valence-corrected chi connectivity index (χ3v) is 1.90. The number of rotatable bonds is 3. The van der Waals surface area contributed by atoms with E-state index in [1.54, 1.807) is 4.90 Å². The quantitative estimate of drug-likeness (QED) is 0.573. The van der Waals surface area contributed by atoms with Crippen LogP contribution in [-0.2, 0) is 4.79 Å². The lowest BCUT2D eigenvalue weighted by Crippen LogP contribution is -2.26. The number of alkyl halides is 2. The largest absolute Gasteiger partial charge is 0.303 e. The minimum Gasteiger partial charge on any atom is -0.303 e. The van der Waals surface area contributed by atoms with Gasteiger partial charge in [0.2, 0.25) is 0 Å². The highest BCUT2D eigenvalue weighted by molar-refractivity contribution is 5.54. The maximum absolute atomic E-state index is 11.8. The Balaban J connectivity index is 2.24. The molecule has 1 saturated heterocycles. The van der Waals surface area contributed by atoms with Crippen molar-refractivity contribution in [2.75, 3.05) is 19.6 Å². The predicted molar refractivity (Wildman–Crippen MR) is 36.6 cm³/mol. The molecule has 0 aliphatic carbocycles. The Morgan fingerprint density at radius 1 is 1.64 bits per heavy atom. The first-order valence-electron chi connectivity index (χ1n) is 3.68. The Kier molecular flexibility index (Phi) is 2.93. The van der Waals surface area contributed by atoms with Crippen LogP contribution in [0.25, 0.3) is 0 Å². The number of hydrogen-bond acceptors (Lipinski definition) is 2. The van der Waals surface area contributed by atoms with E-state index in [0.717, 1.165) is 12.7 Å². The fourth-order valence-electron chi connectivity index (χ4n) is 1.33. The van der Waals surface area contributed by atoms with Crippen LogP contribution in [0, 0.1) is 5.92 Å². The fourth-order valence-corrected chi connectivity index (χ4v) is 1.33. The Morgan fingerprint density at radius 3 is 2.82 bits per heavy atom. The molecule has 0 aromatic heterocycles. The lowest BCUT2D eigenvalue weighted by atomic mass is 10.1. The summed E-state index contributed by atoms with van der Waals surface area (Å²) in [7, 11) is 0. The van der Waals surface area contributed by atoms with Gasteiger partial charge in [0, 0.05) is 12.5 Å². The maximum atomic E-state index is 11.8. The molecular weight excluding hydrogens is 152 g/mol. The normalized spacial score (nSPS) is 26.3. The highest BCUT2D eigenvalue weighted by atomic mass is 19.3. The van der Waals surface area contributed by atoms with Crippen LogP contribution in [-0.4, -0.2) is 37.2 Å². The highest BCUT2D eigenvalue weighted by Gasteiger charge is 2.23. The Bertz CT molecular complexity index is 140. The van der Waals surface area contributed by atoms with E-state index in [2.05, 4.69) is 0 Å². The summed E-state index contributed by atoms with van der Waals surface area (Å²) in [5.41, 5.74) is 0. The molecule has 1 aliphatic heterocycles. The molecule has 0 aromatic carbocycles. The average Bonchev–Trinajstić information content (AvgIpc) is 2.34. The smallest absolute Gasteiger partial charge is 0.251 e. The van der Waals surface area contributed by atoms with Gasteiger partial charge in [-0.25, -0.2) is 8.78 Å². The first-order chi connectivity index (χ1) is 5.22. The van der Waals surface area contributed by atoms with Crippen molar-refractivity contribution in [2.45, 2.75) is 12.8 Å². The van der Waals surface area contributed by atoms with Crippen LogP contribution in [0.4, 0.5) is 8.78 Å². The molecule has 1 aliphatic rings. The van der Waals surface area contributed by atoms with Crippen molar-refractivity contribution in [1.29, 1.82) is 0 Å². The van der Waals surface area contributed by atoms with Gasteiger partial charge in [-0.15, -0.1) is 0 Å². The average molecular weight is 163 g/mol.